The number of pyridine rings is 1. The van der Waals surface area contributed by atoms with Crippen LogP contribution in [0.5, 0.6) is 0 Å². The molecule has 0 aliphatic rings. The maximum absolute atomic E-state index is 5.87. The Bertz CT molecular complexity index is 706. The van der Waals surface area contributed by atoms with Crippen LogP contribution in [0.1, 0.15) is 5.56 Å². The molecule has 0 unspecified atom stereocenters. The van der Waals surface area contributed by atoms with Crippen LogP contribution in [0.25, 0.3) is 23.0 Å². The second-order valence-electron chi connectivity index (χ2n) is 4.16. The number of nitrogen functional groups attached to an aromatic ring is 1. The molecule has 0 aliphatic carbocycles. The van der Waals surface area contributed by atoms with E-state index < -0.39 is 0 Å². The van der Waals surface area contributed by atoms with Crippen LogP contribution in [0.3, 0.4) is 0 Å². The van der Waals surface area contributed by atoms with Gasteiger partial charge in [0.15, 0.2) is 0 Å². The number of nitrogens with two attached hydrogens (primary N) is 1. The molecule has 3 rings (SSSR count). The van der Waals surface area contributed by atoms with Crippen molar-refractivity contribution >= 4 is 5.69 Å². The maximum atomic E-state index is 5.87. The van der Waals surface area contributed by atoms with E-state index in [1.54, 1.807) is 6.20 Å². The minimum absolute atomic E-state index is 0.449. The molecule has 1 aromatic carbocycles. The number of rotatable bonds is 2. The van der Waals surface area contributed by atoms with E-state index in [1.807, 2.05) is 43.3 Å². The van der Waals surface area contributed by atoms with Gasteiger partial charge in [0.05, 0.1) is 0 Å². The molecule has 2 aromatic heterocycles. The number of benzene rings is 1. The van der Waals surface area contributed by atoms with E-state index in [0.717, 1.165) is 11.1 Å². The second-order valence-corrected chi connectivity index (χ2v) is 4.16. The summed E-state index contributed by atoms with van der Waals surface area (Å²) < 4.78 is 5.28. The molecule has 0 saturated carbocycles. The normalized spacial score (nSPS) is 10.6. The van der Waals surface area contributed by atoms with Crippen LogP contribution in [0, 0.1) is 6.92 Å². The molecule has 0 spiro atoms. The van der Waals surface area contributed by atoms with Gasteiger partial charge in [-0.1, -0.05) is 17.3 Å². The fourth-order valence-electron chi connectivity index (χ4n) is 1.82. The van der Waals surface area contributed by atoms with Crippen molar-refractivity contribution in [2.75, 3.05) is 5.73 Å². The first kappa shape index (κ1) is 11.4. The molecule has 19 heavy (non-hydrogen) atoms. The molecule has 0 saturated heterocycles. The first-order valence-corrected chi connectivity index (χ1v) is 5.86. The topological polar surface area (TPSA) is 77.8 Å². The highest BCUT2D eigenvalue weighted by Gasteiger charge is 2.13. The van der Waals surface area contributed by atoms with Gasteiger partial charge in [-0.3, -0.25) is 4.98 Å². The summed E-state index contributed by atoms with van der Waals surface area (Å²) >= 11 is 0. The van der Waals surface area contributed by atoms with Crippen LogP contribution in [0.4, 0.5) is 5.69 Å². The molecular weight excluding hydrogens is 240 g/mol. The molecule has 5 heteroatoms. The minimum Gasteiger partial charge on any atom is -0.398 e. The van der Waals surface area contributed by atoms with Gasteiger partial charge in [0.2, 0.25) is 5.82 Å². The number of aromatic nitrogens is 3. The Kier molecular flexibility index (Phi) is 2.72. The predicted molar refractivity (Wildman–Crippen MR) is 72.1 cm³/mol. The smallest absolute Gasteiger partial charge is 0.258 e. The Morgan fingerprint density at radius 1 is 1.11 bits per heavy atom. The molecule has 0 fully saturated rings. The third-order valence-electron chi connectivity index (χ3n) is 2.93. The maximum Gasteiger partial charge on any atom is 0.258 e. The highest BCUT2D eigenvalue weighted by Crippen LogP contribution is 2.26. The van der Waals surface area contributed by atoms with E-state index in [4.69, 9.17) is 10.3 Å². The lowest BCUT2D eigenvalue weighted by atomic mass is 10.1. The molecular formula is C14H12N4O. The van der Waals surface area contributed by atoms with Crippen LogP contribution >= 0.6 is 0 Å². The Hall–Kier alpha value is -2.69. The van der Waals surface area contributed by atoms with Gasteiger partial charge in [-0.05, 0) is 36.8 Å². The van der Waals surface area contributed by atoms with E-state index in [1.165, 1.54) is 0 Å². The van der Waals surface area contributed by atoms with Gasteiger partial charge in [0.1, 0.15) is 5.69 Å². The van der Waals surface area contributed by atoms with Gasteiger partial charge >= 0.3 is 0 Å². The standard InChI is InChI=1S/C14H12N4O/c1-9-10(5-4-6-11(9)15)14-17-13(18-19-14)12-7-2-3-8-16-12/h2-8H,15H2,1H3. The molecule has 5 nitrogen and oxygen atoms in total. The molecule has 94 valence electrons. The Morgan fingerprint density at radius 2 is 2.00 bits per heavy atom. The summed E-state index contributed by atoms with van der Waals surface area (Å²) in [5, 5.41) is 3.94. The largest absolute Gasteiger partial charge is 0.398 e. The average molecular weight is 252 g/mol. The first-order chi connectivity index (χ1) is 9.25. The van der Waals surface area contributed by atoms with Crippen LogP contribution in [-0.4, -0.2) is 15.1 Å². The Labute approximate surface area is 110 Å². The van der Waals surface area contributed by atoms with E-state index in [2.05, 4.69) is 15.1 Å². The molecule has 2 heterocycles. The van der Waals surface area contributed by atoms with Crippen LogP contribution in [0.15, 0.2) is 47.1 Å². The predicted octanol–water partition coefficient (Wildman–Crippen LogP) is 2.69. The van der Waals surface area contributed by atoms with Crippen LogP contribution < -0.4 is 5.73 Å². The molecule has 0 amide bonds. The summed E-state index contributed by atoms with van der Waals surface area (Å²) in [6, 6.07) is 11.2. The Balaban J connectivity index is 2.05. The van der Waals surface area contributed by atoms with Crippen molar-refractivity contribution in [1.82, 2.24) is 15.1 Å². The first-order valence-electron chi connectivity index (χ1n) is 5.86. The Morgan fingerprint density at radius 3 is 2.79 bits per heavy atom. The van der Waals surface area contributed by atoms with Crippen molar-refractivity contribution in [2.24, 2.45) is 0 Å². The monoisotopic (exact) mass is 252 g/mol. The SMILES string of the molecule is Cc1c(N)cccc1-c1nc(-c2ccccn2)no1. The van der Waals surface area contributed by atoms with Crippen molar-refractivity contribution in [1.29, 1.82) is 0 Å². The lowest BCUT2D eigenvalue weighted by molar-refractivity contribution is 0.432. The van der Waals surface area contributed by atoms with Crippen molar-refractivity contribution in [3.8, 4) is 23.0 Å². The zero-order valence-electron chi connectivity index (χ0n) is 10.4. The summed E-state index contributed by atoms with van der Waals surface area (Å²) in [7, 11) is 0. The van der Waals surface area contributed by atoms with Crippen molar-refractivity contribution in [2.45, 2.75) is 6.92 Å². The van der Waals surface area contributed by atoms with Crippen molar-refractivity contribution in [3.63, 3.8) is 0 Å². The zero-order chi connectivity index (χ0) is 13.2. The number of hydrogen-bond donors (Lipinski definition) is 1. The fourth-order valence-corrected chi connectivity index (χ4v) is 1.82. The van der Waals surface area contributed by atoms with E-state index in [9.17, 15) is 0 Å². The van der Waals surface area contributed by atoms with Gasteiger partial charge in [-0.25, -0.2) is 0 Å². The lowest BCUT2D eigenvalue weighted by Gasteiger charge is -2.02. The average Bonchev–Trinajstić information content (AvgIpc) is 2.92. The van der Waals surface area contributed by atoms with E-state index in [0.29, 0.717) is 23.1 Å². The van der Waals surface area contributed by atoms with Crippen molar-refractivity contribution in [3.05, 3.63) is 48.2 Å². The summed E-state index contributed by atoms with van der Waals surface area (Å²) in [6.07, 6.45) is 1.69. The summed E-state index contributed by atoms with van der Waals surface area (Å²) in [4.78, 5) is 8.54. The second kappa shape index (κ2) is 4.53. The third kappa shape index (κ3) is 2.06. The minimum atomic E-state index is 0.449. The van der Waals surface area contributed by atoms with Gasteiger partial charge in [-0.2, -0.15) is 4.98 Å². The molecule has 0 bridgehead atoms. The zero-order valence-corrected chi connectivity index (χ0v) is 10.4. The molecule has 2 N–H and O–H groups in total. The molecule has 0 atom stereocenters. The highest BCUT2D eigenvalue weighted by atomic mass is 16.5. The number of nitrogens with zero attached hydrogens (tertiary/aromatic N) is 3. The van der Waals surface area contributed by atoms with Gasteiger partial charge < -0.3 is 10.3 Å². The van der Waals surface area contributed by atoms with Crippen LogP contribution in [0.2, 0.25) is 0 Å². The quantitative estimate of drug-likeness (QED) is 0.709. The van der Waals surface area contributed by atoms with Crippen LogP contribution in [-0.2, 0) is 0 Å². The van der Waals surface area contributed by atoms with Gasteiger partial charge in [0, 0.05) is 17.4 Å². The third-order valence-corrected chi connectivity index (χ3v) is 2.93. The molecule has 3 aromatic rings. The number of hydrogen-bond acceptors (Lipinski definition) is 5. The number of anilines is 1. The summed E-state index contributed by atoms with van der Waals surface area (Å²) in [5.41, 5.74) is 9.03. The summed E-state index contributed by atoms with van der Waals surface area (Å²) in [6.45, 7) is 1.93. The van der Waals surface area contributed by atoms with Crippen molar-refractivity contribution < 1.29 is 4.52 Å². The molecule has 0 aliphatic heterocycles. The summed E-state index contributed by atoms with van der Waals surface area (Å²) in [5.74, 6) is 0.919. The van der Waals surface area contributed by atoms with E-state index in [-0.39, 0.29) is 0 Å². The lowest BCUT2D eigenvalue weighted by Crippen LogP contribution is -1.92. The molecule has 0 radical (unpaired) electrons. The fraction of sp³-hybridized carbons (Fsp3) is 0.0714. The van der Waals surface area contributed by atoms with Gasteiger partial charge in [-0.15, -0.1) is 0 Å². The van der Waals surface area contributed by atoms with Gasteiger partial charge in [0.25, 0.3) is 5.89 Å². The highest BCUT2D eigenvalue weighted by molar-refractivity contribution is 5.67. The van der Waals surface area contributed by atoms with E-state index >= 15 is 0 Å².